The first-order valence-electron chi connectivity index (χ1n) is 7.59. The van der Waals surface area contributed by atoms with Crippen LogP contribution in [-0.4, -0.2) is 25.8 Å². The lowest BCUT2D eigenvalue weighted by molar-refractivity contribution is -0.115. The summed E-state index contributed by atoms with van der Waals surface area (Å²) >= 11 is 13.5. The van der Waals surface area contributed by atoms with Gasteiger partial charge in [0.2, 0.25) is 5.91 Å². The lowest BCUT2D eigenvalue weighted by Gasteiger charge is -2.13. The maximum Gasteiger partial charge on any atom is 0.237 e. The van der Waals surface area contributed by atoms with E-state index in [1.165, 1.54) is 11.8 Å². The molecule has 5 nitrogen and oxygen atoms in total. The van der Waals surface area contributed by atoms with E-state index in [-0.39, 0.29) is 11.2 Å². The molecule has 0 aliphatic heterocycles. The second-order valence-electron chi connectivity index (χ2n) is 5.75. The predicted molar refractivity (Wildman–Crippen MR) is 103 cm³/mol. The number of nitrogens with one attached hydrogen (secondary N) is 1. The Balaban J connectivity index is 1.79. The molecule has 3 rings (SSSR count). The summed E-state index contributed by atoms with van der Waals surface area (Å²) in [5, 5.41) is 12.2. The van der Waals surface area contributed by atoms with E-state index in [4.69, 9.17) is 23.2 Å². The quantitative estimate of drug-likeness (QED) is 0.647. The fourth-order valence-corrected chi connectivity index (χ4v) is 3.63. The van der Waals surface area contributed by atoms with Crippen molar-refractivity contribution in [2.75, 3.05) is 5.32 Å². The van der Waals surface area contributed by atoms with Crippen molar-refractivity contribution in [3.63, 3.8) is 0 Å². The highest BCUT2D eigenvalue weighted by Crippen LogP contribution is 2.28. The Kier molecular flexibility index (Phi) is 5.22. The number of amides is 1. The molecule has 0 bridgehead atoms. The molecule has 1 N–H and O–H groups in total. The summed E-state index contributed by atoms with van der Waals surface area (Å²) in [5.41, 5.74) is 3.43. The number of nitrogens with zero attached hydrogens (tertiary/aromatic N) is 3. The van der Waals surface area contributed by atoms with Crippen LogP contribution in [0, 0.1) is 13.8 Å². The zero-order valence-corrected chi connectivity index (χ0v) is 16.2. The number of fused-ring (bicyclic) bond motifs is 1. The van der Waals surface area contributed by atoms with Gasteiger partial charge in [0.15, 0.2) is 10.8 Å². The van der Waals surface area contributed by atoms with Gasteiger partial charge >= 0.3 is 0 Å². The first-order chi connectivity index (χ1) is 11.8. The molecule has 0 aliphatic carbocycles. The Morgan fingerprint density at radius 3 is 2.76 bits per heavy atom. The van der Waals surface area contributed by atoms with E-state index in [2.05, 4.69) is 15.5 Å². The van der Waals surface area contributed by atoms with Crippen LogP contribution in [0.1, 0.15) is 18.1 Å². The molecule has 1 aromatic carbocycles. The van der Waals surface area contributed by atoms with Crippen molar-refractivity contribution >= 4 is 52.2 Å². The molecule has 1 amide bonds. The molecule has 0 saturated heterocycles. The fourth-order valence-electron chi connectivity index (χ4n) is 2.30. The van der Waals surface area contributed by atoms with Gasteiger partial charge in [-0.05, 0) is 44.0 Å². The second kappa shape index (κ2) is 7.23. The van der Waals surface area contributed by atoms with E-state index in [9.17, 15) is 4.79 Å². The second-order valence-corrected chi connectivity index (χ2v) is 7.90. The number of anilines is 1. The Labute approximate surface area is 159 Å². The van der Waals surface area contributed by atoms with Crippen molar-refractivity contribution in [1.29, 1.82) is 0 Å². The standard InChI is InChI=1S/C17H16Cl2N4OS/c1-9-4-5-10(2)14(6-9)20-16(24)11(3)25-17-22-21-15-13(19)7-12(18)8-23(15)17/h4-8,11H,1-3H3,(H,20,24)/t11-/m1/s1. The Morgan fingerprint density at radius 2 is 2.00 bits per heavy atom. The first-order valence-corrected chi connectivity index (χ1v) is 9.23. The molecule has 8 heteroatoms. The largest absolute Gasteiger partial charge is 0.325 e. The van der Waals surface area contributed by atoms with Crippen LogP contribution in [0.4, 0.5) is 5.69 Å². The number of hydrogen-bond acceptors (Lipinski definition) is 4. The van der Waals surface area contributed by atoms with Crippen LogP contribution in [0.3, 0.4) is 0 Å². The zero-order chi connectivity index (χ0) is 18.1. The predicted octanol–water partition coefficient (Wildman–Crippen LogP) is 4.77. The van der Waals surface area contributed by atoms with Crippen LogP contribution >= 0.6 is 35.0 Å². The smallest absolute Gasteiger partial charge is 0.237 e. The molecule has 130 valence electrons. The average Bonchev–Trinajstić information content (AvgIpc) is 2.94. The molecule has 2 aromatic heterocycles. The van der Waals surface area contributed by atoms with Gasteiger partial charge in [-0.2, -0.15) is 0 Å². The number of carbonyl (C=O) groups excluding carboxylic acids is 1. The number of aryl methyl sites for hydroxylation is 2. The van der Waals surface area contributed by atoms with Crippen molar-refractivity contribution in [3.05, 3.63) is 51.6 Å². The number of rotatable bonds is 4. The molecule has 3 aromatic rings. The van der Waals surface area contributed by atoms with Gasteiger partial charge in [-0.1, -0.05) is 47.1 Å². The molecule has 0 fully saturated rings. The molecule has 2 heterocycles. The number of pyridine rings is 1. The highest BCUT2D eigenvalue weighted by molar-refractivity contribution is 8.00. The Bertz CT molecular complexity index is 957. The van der Waals surface area contributed by atoms with E-state index in [0.717, 1.165) is 16.8 Å². The minimum absolute atomic E-state index is 0.108. The van der Waals surface area contributed by atoms with Crippen molar-refractivity contribution in [1.82, 2.24) is 14.6 Å². The van der Waals surface area contributed by atoms with Gasteiger partial charge in [0.25, 0.3) is 0 Å². The number of halogens is 2. The number of carbonyl (C=O) groups is 1. The Hall–Kier alpha value is -1.76. The number of hydrogen-bond donors (Lipinski definition) is 1. The summed E-state index contributed by atoms with van der Waals surface area (Å²) in [7, 11) is 0. The minimum atomic E-state index is -0.370. The van der Waals surface area contributed by atoms with Gasteiger partial charge in [-0.3, -0.25) is 9.20 Å². The molecular formula is C17H16Cl2N4OS. The van der Waals surface area contributed by atoms with Gasteiger partial charge in [0, 0.05) is 11.9 Å². The van der Waals surface area contributed by atoms with Crippen LogP contribution in [0.15, 0.2) is 35.6 Å². The average molecular weight is 395 g/mol. The van der Waals surface area contributed by atoms with Crippen LogP contribution in [0.5, 0.6) is 0 Å². The SMILES string of the molecule is Cc1ccc(C)c(NC(=O)[C@@H](C)Sc2nnc3c(Cl)cc(Cl)cn23)c1. The molecule has 0 aliphatic rings. The summed E-state index contributed by atoms with van der Waals surface area (Å²) in [6.45, 7) is 5.77. The third-order valence-electron chi connectivity index (χ3n) is 3.70. The maximum atomic E-state index is 12.5. The third kappa shape index (κ3) is 3.92. The monoisotopic (exact) mass is 394 g/mol. The summed E-state index contributed by atoms with van der Waals surface area (Å²) < 4.78 is 1.69. The lowest BCUT2D eigenvalue weighted by Crippen LogP contribution is -2.23. The van der Waals surface area contributed by atoms with Crippen molar-refractivity contribution in [2.45, 2.75) is 31.2 Å². The summed E-state index contributed by atoms with van der Waals surface area (Å²) in [5.74, 6) is -0.108. The number of thioether (sulfide) groups is 1. The van der Waals surface area contributed by atoms with Crippen LogP contribution in [0.2, 0.25) is 10.0 Å². The summed E-state index contributed by atoms with van der Waals surface area (Å²) in [6.07, 6.45) is 1.68. The van der Waals surface area contributed by atoms with Crippen molar-refractivity contribution in [3.8, 4) is 0 Å². The van der Waals surface area contributed by atoms with Crippen LogP contribution in [-0.2, 0) is 4.79 Å². The summed E-state index contributed by atoms with van der Waals surface area (Å²) in [6, 6.07) is 7.56. The van der Waals surface area contributed by atoms with E-state index in [1.807, 2.05) is 39.0 Å². The molecule has 0 radical (unpaired) electrons. The van der Waals surface area contributed by atoms with Crippen LogP contribution in [0.25, 0.3) is 5.65 Å². The first kappa shape index (κ1) is 18.0. The van der Waals surface area contributed by atoms with Crippen molar-refractivity contribution in [2.24, 2.45) is 0 Å². The van der Waals surface area contributed by atoms with Gasteiger partial charge in [-0.25, -0.2) is 0 Å². The molecule has 25 heavy (non-hydrogen) atoms. The third-order valence-corrected chi connectivity index (χ3v) is 5.24. The fraction of sp³-hybridized carbons (Fsp3) is 0.235. The van der Waals surface area contributed by atoms with E-state index >= 15 is 0 Å². The van der Waals surface area contributed by atoms with E-state index < -0.39 is 0 Å². The number of aromatic nitrogens is 3. The highest BCUT2D eigenvalue weighted by atomic mass is 35.5. The molecule has 0 spiro atoms. The van der Waals surface area contributed by atoms with E-state index in [1.54, 1.807) is 16.7 Å². The lowest BCUT2D eigenvalue weighted by atomic mass is 10.1. The van der Waals surface area contributed by atoms with Gasteiger partial charge in [0.1, 0.15) is 0 Å². The maximum absolute atomic E-state index is 12.5. The zero-order valence-electron chi connectivity index (χ0n) is 13.9. The minimum Gasteiger partial charge on any atom is -0.325 e. The van der Waals surface area contributed by atoms with Gasteiger partial charge in [-0.15, -0.1) is 10.2 Å². The Morgan fingerprint density at radius 1 is 1.24 bits per heavy atom. The highest BCUT2D eigenvalue weighted by Gasteiger charge is 2.19. The van der Waals surface area contributed by atoms with E-state index in [0.29, 0.717) is 20.8 Å². The summed E-state index contributed by atoms with van der Waals surface area (Å²) in [4.78, 5) is 12.5. The van der Waals surface area contributed by atoms with Crippen LogP contribution < -0.4 is 5.32 Å². The molecule has 0 saturated carbocycles. The molecule has 0 unspecified atom stereocenters. The van der Waals surface area contributed by atoms with Gasteiger partial charge < -0.3 is 5.32 Å². The number of benzene rings is 1. The molecular weight excluding hydrogens is 379 g/mol. The normalized spacial score (nSPS) is 12.4. The van der Waals surface area contributed by atoms with Gasteiger partial charge in [0.05, 0.1) is 15.3 Å². The van der Waals surface area contributed by atoms with Crippen molar-refractivity contribution < 1.29 is 4.79 Å². The topological polar surface area (TPSA) is 59.3 Å². The molecule has 1 atom stereocenters.